The predicted octanol–water partition coefficient (Wildman–Crippen LogP) is 3.11. The van der Waals surface area contributed by atoms with Crippen molar-refractivity contribution in [2.24, 2.45) is 0 Å². The van der Waals surface area contributed by atoms with Gasteiger partial charge in [0.25, 0.3) is 0 Å². The lowest BCUT2D eigenvalue weighted by Crippen LogP contribution is -2.28. The molecule has 0 radical (unpaired) electrons. The van der Waals surface area contributed by atoms with Gasteiger partial charge in [-0.2, -0.15) is 4.98 Å². The Kier molecular flexibility index (Phi) is 3.70. The van der Waals surface area contributed by atoms with Crippen LogP contribution in [-0.2, 0) is 0 Å². The Morgan fingerprint density at radius 1 is 1.16 bits per heavy atom. The Morgan fingerprint density at radius 3 is 2.97 bits per heavy atom. The van der Waals surface area contributed by atoms with Crippen molar-refractivity contribution >= 4 is 22.2 Å². The summed E-state index contributed by atoms with van der Waals surface area (Å²) in [5, 5.41) is 0. The summed E-state index contributed by atoms with van der Waals surface area (Å²) >= 11 is 0. The van der Waals surface area contributed by atoms with E-state index in [0.29, 0.717) is 46.5 Å². The van der Waals surface area contributed by atoms with Crippen LogP contribution < -0.4 is 10.4 Å². The highest BCUT2D eigenvalue weighted by Crippen LogP contribution is 2.37. The molecule has 5 aromatic rings. The highest BCUT2D eigenvalue weighted by Gasteiger charge is 2.29. The van der Waals surface area contributed by atoms with Crippen molar-refractivity contribution in [3.05, 3.63) is 76.6 Å². The number of ether oxygens (including phenoxy) is 1. The highest BCUT2D eigenvalue weighted by atomic mass is 19.1. The van der Waals surface area contributed by atoms with E-state index in [9.17, 15) is 13.6 Å². The van der Waals surface area contributed by atoms with E-state index in [-0.39, 0.29) is 5.95 Å². The van der Waals surface area contributed by atoms with Crippen LogP contribution in [0.5, 0.6) is 5.75 Å². The second-order valence-corrected chi connectivity index (χ2v) is 7.26. The molecule has 2 aromatic carbocycles. The first kappa shape index (κ1) is 17.8. The number of H-pyrrole nitrogens is 1. The third-order valence-electron chi connectivity index (χ3n) is 5.48. The molecule has 0 saturated heterocycles. The molecule has 3 aromatic heterocycles. The van der Waals surface area contributed by atoms with Gasteiger partial charge in [-0.1, -0.05) is 6.07 Å². The maximum absolute atomic E-state index is 14.7. The van der Waals surface area contributed by atoms with Crippen LogP contribution in [0.15, 0.2) is 53.7 Å². The summed E-state index contributed by atoms with van der Waals surface area (Å²) in [4.78, 5) is 28.6. The minimum atomic E-state index is -0.592. The number of benzene rings is 2. The van der Waals surface area contributed by atoms with Crippen molar-refractivity contribution in [2.45, 2.75) is 12.5 Å². The third kappa shape index (κ3) is 2.64. The third-order valence-corrected chi connectivity index (χ3v) is 5.48. The van der Waals surface area contributed by atoms with Crippen LogP contribution in [0.3, 0.4) is 0 Å². The molecule has 31 heavy (non-hydrogen) atoms. The van der Waals surface area contributed by atoms with Crippen molar-refractivity contribution in [3.63, 3.8) is 0 Å². The fourth-order valence-electron chi connectivity index (χ4n) is 4.10. The van der Waals surface area contributed by atoms with Crippen LogP contribution in [0.1, 0.15) is 18.0 Å². The number of nitrogens with one attached hydrogen (secondary N) is 1. The van der Waals surface area contributed by atoms with E-state index in [1.54, 1.807) is 18.2 Å². The lowest BCUT2D eigenvalue weighted by atomic mass is 9.99. The van der Waals surface area contributed by atoms with E-state index in [1.807, 2.05) is 0 Å². The van der Waals surface area contributed by atoms with Crippen LogP contribution in [0.2, 0.25) is 0 Å². The summed E-state index contributed by atoms with van der Waals surface area (Å²) in [6, 6.07) is 8.22. The molecule has 1 aliphatic rings. The van der Waals surface area contributed by atoms with Gasteiger partial charge in [0.2, 0.25) is 5.95 Å². The average molecular weight is 420 g/mol. The first-order valence-electron chi connectivity index (χ1n) is 9.61. The zero-order valence-corrected chi connectivity index (χ0v) is 15.9. The zero-order valence-electron chi connectivity index (χ0n) is 15.9. The molecule has 154 valence electrons. The van der Waals surface area contributed by atoms with Crippen molar-refractivity contribution in [1.29, 1.82) is 0 Å². The van der Waals surface area contributed by atoms with E-state index < -0.39 is 23.4 Å². The van der Waals surface area contributed by atoms with Crippen LogP contribution >= 0.6 is 0 Å². The number of nitrogens with zero attached hydrogens (tertiary/aromatic N) is 5. The van der Waals surface area contributed by atoms with E-state index >= 15 is 0 Å². The van der Waals surface area contributed by atoms with E-state index in [2.05, 4.69) is 19.9 Å². The summed E-state index contributed by atoms with van der Waals surface area (Å²) < 4.78 is 37.0. The minimum Gasteiger partial charge on any atom is -0.493 e. The molecule has 1 aliphatic heterocycles. The van der Waals surface area contributed by atoms with Gasteiger partial charge in [0.15, 0.2) is 5.65 Å². The SMILES string of the molecule is O=c1[nH]c2cnc(-n3cnc4ccc(F)cc43)nc2n1C1CCOc2cccc(F)c21. The van der Waals surface area contributed by atoms with Crippen molar-refractivity contribution < 1.29 is 13.5 Å². The number of imidazole rings is 2. The molecule has 0 spiro atoms. The van der Waals surface area contributed by atoms with Crippen molar-refractivity contribution in [2.75, 3.05) is 6.61 Å². The van der Waals surface area contributed by atoms with Gasteiger partial charge in [-0.05, 0) is 24.3 Å². The predicted molar refractivity (Wildman–Crippen MR) is 107 cm³/mol. The number of fused-ring (bicyclic) bond motifs is 3. The molecule has 1 atom stereocenters. The molecule has 4 heterocycles. The van der Waals surface area contributed by atoms with Gasteiger partial charge < -0.3 is 9.72 Å². The topological polar surface area (TPSA) is 90.6 Å². The van der Waals surface area contributed by atoms with Gasteiger partial charge in [0.05, 0.1) is 35.4 Å². The molecule has 0 saturated carbocycles. The summed E-state index contributed by atoms with van der Waals surface area (Å²) in [5.41, 5.74) is 1.68. The van der Waals surface area contributed by atoms with E-state index in [1.165, 1.54) is 39.9 Å². The second-order valence-electron chi connectivity index (χ2n) is 7.26. The van der Waals surface area contributed by atoms with Crippen molar-refractivity contribution in [1.82, 2.24) is 29.1 Å². The zero-order chi connectivity index (χ0) is 21.1. The molecule has 0 amide bonds. The summed E-state index contributed by atoms with van der Waals surface area (Å²) in [6.07, 6.45) is 3.37. The maximum atomic E-state index is 14.7. The largest absolute Gasteiger partial charge is 0.493 e. The van der Waals surface area contributed by atoms with E-state index in [4.69, 9.17) is 4.74 Å². The minimum absolute atomic E-state index is 0.217. The summed E-state index contributed by atoms with van der Waals surface area (Å²) in [7, 11) is 0. The maximum Gasteiger partial charge on any atom is 0.328 e. The fraction of sp³-hybridized carbons (Fsp3) is 0.143. The quantitative estimate of drug-likeness (QED) is 0.474. The van der Waals surface area contributed by atoms with E-state index in [0.717, 1.165) is 0 Å². The number of halogens is 2. The Morgan fingerprint density at radius 2 is 2.06 bits per heavy atom. The monoisotopic (exact) mass is 420 g/mol. The molecule has 6 rings (SSSR count). The molecule has 1 unspecified atom stereocenters. The van der Waals surface area contributed by atoms with Gasteiger partial charge >= 0.3 is 5.69 Å². The number of rotatable bonds is 2. The molecule has 0 fully saturated rings. The molecular formula is C21H14F2N6O2. The molecule has 0 aliphatic carbocycles. The number of aromatic amines is 1. The normalized spacial score (nSPS) is 15.9. The Balaban J connectivity index is 1.57. The van der Waals surface area contributed by atoms with Gasteiger partial charge in [-0.15, -0.1) is 0 Å². The first-order chi connectivity index (χ1) is 15.1. The van der Waals surface area contributed by atoms with Gasteiger partial charge in [0, 0.05) is 12.5 Å². The highest BCUT2D eigenvalue weighted by molar-refractivity contribution is 5.77. The van der Waals surface area contributed by atoms with Gasteiger partial charge in [-0.25, -0.2) is 23.5 Å². The Bertz CT molecular complexity index is 1540. The Hall–Kier alpha value is -4.08. The van der Waals surface area contributed by atoms with Gasteiger partial charge in [-0.3, -0.25) is 9.13 Å². The molecule has 10 heteroatoms. The lowest BCUT2D eigenvalue weighted by Gasteiger charge is -2.26. The summed E-state index contributed by atoms with van der Waals surface area (Å²) in [5.74, 6) is -0.242. The standard InChI is InChI=1S/C21H14F2N6O2/c22-11-4-5-13-16(8-11)28(10-25-13)20-24-9-14-19(27-20)29(21(30)26-14)15-6-7-31-17-3-1-2-12(23)18(15)17/h1-5,8-10,15H,6-7H2,(H,26,30). The van der Waals surface area contributed by atoms with Crippen LogP contribution in [0, 0.1) is 11.6 Å². The number of hydrogen-bond donors (Lipinski definition) is 1. The van der Waals surface area contributed by atoms with Crippen LogP contribution in [0.25, 0.3) is 28.1 Å². The van der Waals surface area contributed by atoms with Crippen LogP contribution in [-0.4, -0.2) is 35.7 Å². The molecule has 8 nitrogen and oxygen atoms in total. The average Bonchev–Trinajstić information content (AvgIpc) is 3.32. The number of hydrogen-bond acceptors (Lipinski definition) is 5. The lowest BCUT2D eigenvalue weighted by molar-refractivity contribution is 0.251. The molecular weight excluding hydrogens is 406 g/mol. The summed E-state index contributed by atoms with van der Waals surface area (Å²) in [6.45, 7) is 0.337. The molecule has 1 N–H and O–H groups in total. The smallest absolute Gasteiger partial charge is 0.328 e. The second kappa shape index (κ2) is 6.46. The fourth-order valence-corrected chi connectivity index (χ4v) is 4.10. The molecule has 0 bridgehead atoms. The van der Waals surface area contributed by atoms with Crippen molar-refractivity contribution in [3.8, 4) is 11.7 Å². The first-order valence-corrected chi connectivity index (χ1v) is 9.61. The number of aromatic nitrogens is 6. The van der Waals surface area contributed by atoms with Gasteiger partial charge in [0.1, 0.15) is 29.2 Å². The van der Waals surface area contributed by atoms with Crippen LogP contribution in [0.4, 0.5) is 8.78 Å². The Labute approximate surface area is 172 Å².